The van der Waals surface area contributed by atoms with Gasteiger partial charge < -0.3 is 5.32 Å². The van der Waals surface area contributed by atoms with E-state index in [1.165, 1.54) is 4.31 Å². The Morgan fingerprint density at radius 3 is 2.86 bits per heavy atom. The minimum Gasteiger partial charge on any atom is -0.353 e. The third-order valence-corrected chi connectivity index (χ3v) is 5.59. The van der Waals surface area contributed by atoms with Crippen LogP contribution in [0.25, 0.3) is 0 Å². The van der Waals surface area contributed by atoms with Crippen molar-refractivity contribution < 1.29 is 13.2 Å². The largest absolute Gasteiger partial charge is 0.353 e. The van der Waals surface area contributed by atoms with Crippen molar-refractivity contribution in [3.8, 4) is 0 Å². The van der Waals surface area contributed by atoms with Crippen molar-refractivity contribution in [3.63, 3.8) is 0 Å². The average molecular weight is 331 g/mol. The van der Waals surface area contributed by atoms with Gasteiger partial charge in [0.15, 0.2) is 0 Å². The molecule has 0 aliphatic carbocycles. The highest BCUT2D eigenvalue weighted by atomic mass is 35.5. The van der Waals surface area contributed by atoms with Crippen LogP contribution in [-0.2, 0) is 14.8 Å². The van der Waals surface area contributed by atoms with Gasteiger partial charge in [-0.15, -0.1) is 0 Å². The van der Waals surface area contributed by atoms with Crippen molar-refractivity contribution in [3.05, 3.63) is 34.9 Å². The van der Waals surface area contributed by atoms with Gasteiger partial charge >= 0.3 is 0 Å². The highest BCUT2D eigenvalue weighted by Crippen LogP contribution is 2.28. The Labute approximate surface area is 130 Å². The first-order chi connectivity index (χ1) is 9.95. The second-order valence-corrected chi connectivity index (χ2v) is 7.51. The van der Waals surface area contributed by atoms with E-state index >= 15 is 0 Å². The first-order valence-corrected chi connectivity index (χ1v) is 8.97. The first-order valence-electron chi connectivity index (χ1n) is 6.98. The molecule has 1 aromatic carbocycles. The van der Waals surface area contributed by atoms with E-state index in [9.17, 15) is 13.2 Å². The van der Waals surface area contributed by atoms with E-state index in [0.717, 1.165) is 6.42 Å². The number of unbranched alkanes of at least 4 members (excludes halogenated alkanes) is 1. The van der Waals surface area contributed by atoms with E-state index in [-0.39, 0.29) is 18.2 Å². The van der Waals surface area contributed by atoms with Crippen LogP contribution in [0.3, 0.4) is 0 Å². The Balaban J connectivity index is 2.36. The van der Waals surface area contributed by atoms with Gasteiger partial charge in [-0.1, -0.05) is 37.1 Å². The van der Waals surface area contributed by atoms with E-state index in [2.05, 4.69) is 5.32 Å². The lowest BCUT2D eigenvalue weighted by atomic mass is 10.0. The fourth-order valence-corrected chi connectivity index (χ4v) is 4.38. The Bertz CT molecular complexity index is 618. The topological polar surface area (TPSA) is 66.5 Å². The fraction of sp³-hybridized carbons (Fsp3) is 0.500. The summed E-state index contributed by atoms with van der Waals surface area (Å²) in [6, 6.07) is 5.95. The smallest absolute Gasteiger partial charge is 0.243 e. The number of halogens is 1. The maximum atomic E-state index is 12.5. The molecule has 1 heterocycles. The van der Waals surface area contributed by atoms with Gasteiger partial charge in [-0.3, -0.25) is 4.79 Å². The predicted octanol–water partition coefficient (Wildman–Crippen LogP) is 1.94. The lowest BCUT2D eigenvalue weighted by molar-refractivity contribution is -0.126. The molecule has 1 amide bonds. The van der Waals surface area contributed by atoms with Crippen LogP contribution in [0.1, 0.15) is 31.4 Å². The second-order valence-electron chi connectivity index (χ2n) is 5.03. The molecule has 5 nitrogen and oxygen atoms in total. The van der Waals surface area contributed by atoms with E-state index in [1.54, 1.807) is 24.3 Å². The first kappa shape index (κ1) is 16.3. The second kappa shape index (κ2) is 6.77. The molecule has 7 heteroatoms. The quantitative estimate of drug-likeness (QED) is 0.897. The lowest BCUT2D eigenvalue weighted by Crippen LogP contribution is -2.52. The van der Waals surface area contributed by atoms with Gasteiger partial charge in [0.05, 0.1) is 5.75 Å². The zero-order chi connectivity index (χ0) is 15.5. The van der Waals surface area contributed by atoms with Crippen LogP contribution in [0.2, 0.25) is 5.02 Å². The number of hydrogen-bond donors (Lipinski definition) is 1. The highest BCUT2D eigenvalue weighted by Gasteiger charge is 2.38. The zero-order valence-electron chi connectivity index (χ0n) is 11.9. The maximum Gasteiger partial charge on any atom is 0.243 e. The normalized spacial score (nSPS) is 20.3. The van der Waals surface area contributed by atoms with Gasteiger partial charge in [0.2, 0.25) is 15.9 Å². The monoisotopic (exact) mass is 330 g/mol. The number of carbonyl (C=O) groups is 1. The summed E-state index contributed by atoms with van der Waals surface area (Å²) in [7, 11) is -3.46. The zero-order valence-corrected chi connectivity index (χ0v) is 13.5. The molecule has 1 atom stereocenters. The highest BCUT2D eigenvalue weighted by molar-refractivity contribution is 7.89. The molecule has 1 aromatic rings. The van der Waals surface area contributed by atoms with Gasteiger partial charge in [0.25, 0.3) is 0 Å². The summed E-state index contributed by atoms with van der Waals surface area (Å²) in [5.74, 6) is -0.239. The van der Waals surface area contributed by atoms with Gasteiger partial charge in [0, 0.05) is 18.1 Å². The van der Waals surface area contributed by atoms with Crippen LogP contribution < -0.4 is 5.32 Å². The molecule has 2 rings (SSSR count). The number of sulfonamides is 1. The summed E-state index contributed by atoms with van der Waals surface area (Å²) in [6.07, 6.45) is 1.38. The summed E-state index contributed by atoms with van der Waals surface area (Å²) in [6.45, 7) is 2.56. The molecule has 0 saturated carbocycles. The summed E-state index contributed by atoms with van der Waals surface area (Å²) < 4.78 is 26.2. The van der Waals surface area contributed by atoms with Crippen LogP contribution in [0.4, 0.5) is 0 Å². The van der Waals surface area contributed by atoms with Crippen molar-refractivity contribution in [2.24, 2.45) is 0 Å². The molecule has 1 saturated heterocycles. The fourth-order valence-electron chi connectivity index (χ4n) is 2.38. The van der Waals surface area contributed by atoms with Crippen molar-refractivity contribution in [1.29, 1.82) is 0 Å². The Hall–Kier alpha value is -1.11. The molecule has 1 fully saturated rings. The van der Waals surface area contributed by atoms with Gasteiger partial charge in [-0.25, -0.2) is 8.42 Å². The van der Waals surface area contributed by atoms with Gasteiger partial charge in [-0.2, -0.15) is 4.31 Å². The van der Waals surface area contributed by atoms with E-state index in [0.29, 0.717) is 23.6 Å². The van der Waals surface area contributed by atoms with Crippen molar-refractivity contribution >= 4 is 27.5 Å². The predicted molar refractivity (Wildman–Crippen MR) is 82.6 cm³/mol. The number of benzene rings is 1. The summed E-state index contributed by atoms with van der Waals surface area (Å²) in [4.78, 5) is 12.2. The molecule has 1 unspecified atom stereocenters. The van der Waals surface area contributed by atoms with Crippen molar-refractivity contribution in [2.75, 3.05) is 18.8 Å². The van der Waals surface area contributed by atoms with Crippen molar-refractivity contribution in [1.82, 2.24) is 9.62 Å². The standard InChI is InChI=1S/C14H19ClN2O3S/c1-2-3-9-21(19,20)17-8-7-16-14(18)13(17)11-5-4-6-12(15)10-11/h4-6,10,13H,2-3,7-9H2,1H3,(H,16,18). The molecule has 116 valence electrons. The van der Waals surface area contributed by atoms with Crippen LogP contribution in [0.15, 0.2) is 24.3 Å². The van der Waals surface area contributed by atoms with E-state index < -0.39 is 16.1 Å². The number of carbonyl (C=O) groups excluding carboxylic acids is 1. The third kappa shape index (κ3) is 3.75. The summed E-state index contributed by atoms with van der Waals surface area (Å²) >= 11 is 5.96. The average Bonchev–Trinajstić information content (AvgIpc) is 2.45. The Morgan fingerprint density at radius 1 is 1.43 bits per heavy atom. The van der Waals surface area contributed by atoms with Crippen LogP contribution >= 0.6 is 11.6 Å². The molecule has 0 bridgehead atoms. The summed E-state index contributed by atoms with van der Waals surface area (Å²) in [5, 5.41) is 3.20. The van der Waals surface area contributed by atoms with E-state index in [4.69, 9.17) is 11.6 Å². The molecule has 1 N–H and O–H groups in total. The Morgan fingerprint density at radius 2 is 2.19 bits per heavy atom. The number of hydrogen-bond acceptors (Lipinski definition) is 3. The molecular weight excluding hydrogens is 312 g/mol. The number of piperazine rings is 1. The van der Waals surface area contributed by atoms with Crippen LogP contribution in [0, 0.1) is 0 Å². The van der Waals surface area contributed by atoms with Crippen LogP contribution in [-0.4, -0.2) is 37.5 Å². The number of rotatable bonds is 5. The SMILES string of the molecule is CCCCS(=O)(=O)N1CCNC(=O)C1c1cccc(Cl)c1. The van der Waals surface area contributed by atoms with Gasteiger partial charge in [-0.05, 0) is 24.1 Å². The van der Waals surface area contributed by atoms with Crippen molar-refractivity contribution in [2.45, 2.75) is 25.8 Å². The molecule has 21 heavy (non-hydrogen) atoms. The minimum atomic E-state index is -3.46. The molecule has 0 aromatic heterocycles. The number of nitrogens with one attached hydrogen (secondary N) is 1. The third-order valence-electron chi connectivity index (χ3n) is 3.45. The summed E-state index contributed by atoms with van der Waals surface area (Å²) in [5.41, 5.74) is 0.597. The Kier molecular flexibility index (Phi) is 5.24. The molecule has 0 radical (unpaired) electrons. The number of amides is 1. The minimum absolute atomic E-state index is 0.0633. The molecule has 0 spiro atoms. The van der Waals surface area contributed by atoms with Crippen LogP contribution in [0.5, 0.6) is 0 Å². The molecule has 1 aliphatic rings. The lowest BCUT2D eigenvalue weighted by Gasteiger charge is -2.34. The molecule has 1 aliphatic heterocycles. The maximum absolute atomic E-state index is 12.5. The number of nitrogens with zero attached hydrogens (tertiary/aromatic N) is 1. The van der Waals surface area contributed by atoms with E-state index in [1.807, 2.05) is 6.92 Å². The molecular formula is C14H19ClN2O3S. The van der Waals surface area contributed by atoms with Gasteiger partial charge in [0.1, 0.15) is 6.04 Å².